The molecule has 11 heteroatoms. The number of rotatable bonds is 14. The Morgan fingerprint density at radius 1 is 0.971 bits per heavy atom. The number of amides is 5. The number of benzene rings is 1. The molecule has 1 aromatic carbocycles. The molecule has 2 atom stereocenters. The van der Waals surface area contributed by atoms with Gasteiger partial charge < -0.3 is 32.1 Å². The van der Waals surface area contributed by atoms with Crippen molar-refractivity contribution in [2.45, 2.75) is 65.0 Å². The smallest absolute Gasteiger partial charge is 0.312 e. The van der Waals surface area contributed by atoms with Gasteiger partial charge in [-0.1, -0.05) is 32.9 Å². The van der Waals surface area contributed by atoms with Crippen LogP contribution in [0, 0.1) is 5.92 Å². The monoisotopic (exact) mass is 477 g/mol. The van der Waals surface area contributed by atoms with Gasteiger partial charge in [0.1, 0.15) is 12.1 Å². The Bertz CT molecular complexity index is 856. The molecule has 0 fully saturated rings. The molecule has 0 aliphatic rings. The molecule has 34 heavy (non-hydrogen) atoms. The van der Waals surface area contributed by atoms with Crippen LogP contribution in [-0.4, -0.2) is 53.5 Å². The second kappa shape index (κ2) is 14.5. The SMILES string of the molecule is CCc1ccc(NC(=O)[C@H](CCCNC(N)=O)NC(=O)[C@@H](NC(=O)CCC(=O)O)C(C)C)cc1. The van der Waals surface area contributed by atoms with Gasteiger partial charge in [0.15, 0.2) is 0 Å². The number of carbonyl (C=O) groups excluding carboxylic acids is 4. The van der Waals surface area contributed by atoms with Crippen LogP contribution in [0.1, 0.15) is 52.0 Å². The van der Waals surface area contributed by atoms with Gasteiger partial charge in [-0.3, -0.25) is 19.2 Å². The number of hydrogen-bond donors (Lipinski definition) is 6. The molecule has 0 aromatic heterocycles. The maximum atomic E-state index is 12.9. The summed E-state index contributed by atoms with van der Waals surface area (Å²) in [6.07, 6.45) is 0.819. The van der Waals surface area contributed by atoms with Crippen molar-refractivity contribution in [2.24, 2.45) is 11.7 Å². The second-order valence-corrected chi connectivity index (χ2v) is 8.22. The molecule has 11 nitrogen and oxygen atoms in total. The molecule has 5 amide bonds. The van der Waals surface area contributed by atoms with E-state index in [1.54, 1.807) is 26.0 Å². The fourth-order valence-electron chi connectivity index (χ4n) is 3.10. The van der Waals surface area contributed by atoms with Gasteiger partial charge >= 0.3 is 12.0 Å². The van der Waals surface area contributed by atoms with Crippen LogP contribution in [0.15, 0.2) is 24.3 Å². The Kier molecular flexibility index (Phi) is 12.1. The normalized spacial score (nSPS) is 12.4. The molecule has 1 aromatic rings. The van der Waals surface area contributed by atoms with E-state index in [1.165, 1.54) is 0 Å². The van der Waals surface area contributed by atoms with Crippen molar-refractivity contribution in [3.05, 3.63) is 29.8 Å². The first-order valence-electron chi connectivity index (χ1n) is 11.3. The molecule has 0 aliphatic heterocycles. The lowest BCUT2D eigenvalue weighted by Crippen LogP contribution is -2.54. The molecular formula is C23H35N5O6. The molecule has 0 saturated heterocycles. The first-order valence-corrected chi connectivity index (χ1v) is 11.3. The summed E-state index contributed by atoms with van der Waals surface area (Å²) in [5.74, 6) is -3.01. The fourth-order valence-corrected chi connectivity index (χ4v) is 3.10. The number of urea groups is 1. The first-order chi connectivity index (χ1) is 16.0. The van der Waals surface area contributed by atoms with Crippen LogP contribution in [0.3, 0.4) is 0 Å². The van der Waals surface area contributed by atoms with Gasteiger partial charge in [-0.25, -0.2) is 4.79 Å². The number of carboxylic acid groups (broad SMARTS) is 1. The van der Waals surface area contributed by atoms with Crippen LogP contribution >= 0.6 is 0 Å². The largest absolute Gasteiger partial charge is 0.481 e. The van der Waals surface area contributed by atoms with Gasteiger partial charge in [0, 0.05) is 18.7 Å². The Balaban J connectivity index is 2.89. The highest BCUT2D eigenvalue weighted by atomic mass is 16.4. The molecule has 188 valence electrons. The average molecular weight is 478 g/mol. The van der Waals surface area contributed by atoms with E-state index >= 15 is 0 Å². The number of aryl methyl sites for hydroxylation is 1. The summed E-state index contributed by atoms with van der Waals surface area (Å²) in [6, 6.07) is 4.73. The Morgan fingerprint density at radius 3 is 2.15 bits per heavy atom. The third-order valence-electron chi connectivity index (χ3n) is 5.06. The fraction of sp³-hybridized carbons (Fsp3) is 0.522. The highest BCUT2D eigenvalue weighted by Gasteiger charge is 2.28. The zero-order valence-electron chi connectivity index (χ0n) is 19.8. The lowest BCUT2D eigenvalue weighted by atomic mass is 10.0. The van der Waals surface area contributed by atoms with E-state index in [-0.39, 0.29) is 31.7 Å². The zero-order valence-corrected chi connectivity index (χ0v) is 19.8. The Hall–Kier alpha value is -3.63. The summed E-state index contributed by atoms with van der Waals surface area (Å²) >= 11 is 0. The minimum absolute atomic E-state index is 0.211. The first kappa shape index (κ1) is 28.4. The van der Waals surface area contributed by atoms with E-state index in [0.29, 0.717) is 12.1 Å². The summed E-state index contributed by atoms with van der Waals surface area (Å²) in [6.45, 7) is 5.69. The molecule has 0 unspecified atom stereocenters. The van der Waals surface area contributed by atoms with Crippen molar-refractivity contribution < 1.29 is 29.1 Å². The van der Waals surface area contributed by atoms with Gasteiger partial charge in [-0.2, -0.15) is 0 Å². The van der Waals surface area contributed by atoms with Crippen LogP contribution in [0.2, 0.25) is 0 Å². The predicted molar refractivity (Wildman–Crippen MR) is 127 cm³/mol. The molecule has 7 N–H and O–H groups in total. The van der Waals surface area contributed by atoms with E-state index in [2.05, 4.69) is 21.3 Å². The number of nitrogens with one attached hydrogen (secondary N) is 4. The van der Waals surface area contributed by atoms with E-state index in [0.717, 1.165) is 12.0 Å². The van der Waals surface area contributed by atoms with Crippen molar-refractivity contribution >= 4 is 35.4 Å². The van der Waals surface area contributed by atoms with Crippen LogP contribution in [0.4, 0.5) is 10.5 Å². The second-order valence-electron chi connectivity index (χ2n) is 8.22. The van der Waals surface area contributed by atoms with Crippen molar-refractivity contribution in [3.8, 4) is 0 Å². The summed E-state index contributed by atoms with van der Waals surface area (Å²) in [4.78, 5) is 59.5. The van der Waals surface area contributed by atoms with Gasteiger partial charge in [0.2, 0.25) is 17.7 Å². The summed E-state index contributed by atoms with van der Waals surface area (Å²) in [5, 5.41) is 19.2. The number of aliphatic carboxylic acids is 1. The van der Waals surface area contributed by atoms with Crippen molar-refractivity contribution in [3.63, 3.8) is 0 Å². The standard InChI is InChI=1S/C23H35N5O6/c1-4-15-7-9-16(10-8-15)26-21(32)17(6-5-13-25-23(24)34)27-22(33)20(14(2)3)28-18(29)11-12-19(30)31/h7-10,14,17,20H,4-6,11-13H2,1-3H3,(H,26,32)(H,27,33)(H,28,29)(H,30,31)(H3,24,25,34)/t17-,20-/m0/s1. The van der Waals surface area contributed by atoms with Gasteiger partial charge in [-0.05, 0) is 42.9 Å². The molecule has 1 rings (SSSR count). The van der Waals surface area contributed by atoms with Crippen molar-refractivity contribution in [2.75, 3.05) is 11.9 Å². The Morgan fingerprint density at radius 2 is 1.62 bits per heavy atom. The van der Waals surface area contributed by atoms with Gasteiger partial charge in [-0.15, -0.1) is 0 Å². The molecule has 0 heterocycles. The highest BCUT2D eigenvalue weighted by molar-refractivity contribution is 5.98. The van der Waals surface area contributed by atoms with Crippen LogP contribution in [-0.2, 0) is 25.6 Å². The molecule has 0 spiro atoms. The molecule has 0 bridgehead atoms. The number of nitrogens with two attached hydrogens (primary N) is 1. The van der Waals surface area contributed by atoms with E-state index < -0.39 is 41.8 Å². The van der Waals surface area contributed by atoms with Crippen LogP contribution in [0.25, 0.3) is 0 Å². The lowest BCUT2D eigenvalue weighted by Gasteiger charge is -2.25. The Labute approximate surface area is 199 Å². The zero-order chi connectivity index (χ0) is 25.7. The highest BCUT2D eigenvalue weighted by Crippen LogP contribution is 2.12. The third kappa shape index (κ3) is 10.8. The summed E-state index contributed by atoms with van der Waals surface area (Å²) in [7, 11) is 0. The van der Waals surface area contributed by atoms with E-state index in [4.69, 9.17) is 10.8 Å². The molecule has 0 aliphatic carbocycles. The topological polar surface area (TPSA) is 180 Å². The molecule has 0 radical (unpaired) electrons. The van der Waals surface area contributed by atoms with E-state index in [9.17, 15) is 24.0 Å². The maximum Gasteiger partial charge on any atom is 0.312 e. The third-order valence-corrected chi connectivity index (χ3v) is 5.06. The lowest BCUT2D eigenvalue weighted by molar-refractivity contribution is -0.139. The predicted octanol–water partition coefficient (Wildman–Crippen LogP) is 1.13. The number of carbonyl (C=O) groups is 5. The summed E-state index contributed by atoms with van der Waals surface area (Å²) in [5.41, 5.74) is 6.74. The van der Waals surface area contributed by atoms with Gasteiger partial charge in [0.05, 0.1) is 6.42 Å². The summed E-state index contributed by atoms with van der Waals surface area (Å²) < 4.78 is 0. The number of carboxylic acids is 1. The van der Waals surface area contributed by atoms with Crippen molar-refractivity contribution in [1.29, 1.82) is 0 Å². The van der Waals surface area contributed by atoms with E-state index in [1.807, 2.05) is 19.1 Å². The minimum Gasteiger partial charge on any atom is -0.481 e. The maximum absolute atomic E-state index is 12.9. The molecular weight excluding hydrogens is 442 g/mol. The van der Waals surface area contributed by atoms with Gasteiger partial charge in [0.25, 0.3) is 0 Å². The quantitative estimate of drug-likeness (QED) is 0.218. The van der Waals surface area contributed by atoms with Crippen LogP contribution in [0.5, 0.6) is 0 Å². The number of anilines is 1. The van der Waals surface area contributed by atoms with Crippen molar-refractivity contribution in [1.82, 2.24) is 16.0 Å². The average Bonchev–Trinajstić information content (AvgIpc) is 2.77. The number of primary amides is 1. The molecule has 0 saturated carbocycles. The van der Waals surface area contributed by atoms with Crippen LogP contribution < -0.4 is 27.0 Å². The minimum atomic E-state index is -1.12. The number of hydrogen-bond acceptors (Lipinski definition) is 5.